The van der Waals surface area contributed by atoms with E-state index in [1.165, 1.54) is 0 Å². The van der Waals surface area contributed by atoms with Crippen LogP contribution in [0, 0.1) is 0 Å². The highest BCUT2D eigenvalue weighted by Gasteiger charge is 2.07. The van der Waals surface area contributed by atoms with Crippen LogP contribution < -0.4 is 10.9 Å². The van der Waals surface area contributed by atoms with E-state index in [0.717, 1.165) is 24.0 Å². The fraction of sp³-hybridized carbons (Fsp3) is 0.263. The molecule has 0 aromatic heterocycles. The number of nitrogens with one attached hydrogen (secondary N) is 2. The molecule has 0 fully saturated rings. The lowest BCUT2D eigenvalue weighted by molar-refractivity contribution is -0.121. The minimum atomic E-state index is -0.316. The van der Waals surface area contributed by atoms with Gasteiger partial charge in [-0.1, -0.05) is 42.8 Å². The van der Waals surface area contributed by atoms with E-state index in [9.17, 15) is 9.59 Å². The number of hydrazine groups is 1. The second-order valence-electron chi connectivity index (χ2n) is 5.53. The molecule has 2 aromatic carbocycles. The van der Waals surface area contributed by atoms with Gasteiger partial charge in [0.05, 0.1) is 0 Å². The lowest BCUT2D eigenvalue weighted by Gasteiger charge is -2.08. The van der Waals surface area contributed by atoms with Crippen molar-refractivity contribution in [3.63, 3.8) is 0 Å². The van der Waals surface area contributed by atoms with Crippen molar-refractivity contribution < 1.29 is 9.59 Å². The molecule has 2 N–H and O–H groups in total. The first-order chi connectivity index (χ1) is 11.6. The van der Waals surface area contributed by atoms with Crippen molar-refractivity contribution in [1.82, 2.24) is 10.9 Å². The van der Waals surface area contributed by atoms with E-state index in [1.54, 1.807) is 12.1 Å². The van der Waals surface area contributed by atoms with Gasteiger partial charge in [-0.3, -0.25) is 20.4 Å². The second-order valence-corrected chi connectivity index (χ2v) is 5.97. The molecule has 0 heterocycles. The Hall–Kier alpha value is -2.33. The van der Waals surface area contributed by atoms with E-state index in [2.05, 4.69) is 17.8 Å². The Labute approximate surface area is 147 Å². The topological polar surface area (TPSA) is 58.2 Å². The summed E-state index contributed by atoms with van der Waals surface area (Å²) in [5, 5.41) is 0.700. The highest BCUT2D eigenvalue weighted by molar-refractivity contribution is 6.30. The number of amides is 2. The zero-order valence-corrected chi connectivity index (χ0v) is 14.4. The lowest BCUT2D eigenvalue weighted by atomic mass is 10.1. The molecule has 0 bridgehead atoms. The van der Waals surface area contributed by atoms with Crippen LogP contribution in [0.3, 0.4) is 0 Å². The van der Waals surface area contributed by atoms with Gasteiger partial charge in [-0.25, -0.2) is 0 Å². The van der Waals surface area contributed by atoms with Gasteiger partial charge in [0.25, 0.3) is 5.91 Å². The number of hydrogen-bond donors (Lipinski definition) is 2. The zero-order valence-electron chi connectivity index (χ0n) is 13.6. The molecule has 0 aliphatic heterocycles. The molecular weight excluding hydrogens is 324 g/mol. The van der Waals surface area contributed by atoms with Crippen LogP contribution in [-0.2, 0) is 17.6 Å². The van der Waals surface area contributed by atoms with Crippen LogP contribution in [0.15, 0.2) is 48.5 Å². The summed E-state index contributed by atoms with van der Waals surface area (Å²) in [5.74, 6) is -0.522. The number of carbonyl (C=O) groups is 2. The Bertz CT molecular complexity index is 682. The molecule has 2 amide bonds. The normalized spacial score (nSPS) is 10.2. The number of carbonyl (C=O) groups excluding carboxylic acids is 2. The number of hydrogen-bond acceptors (Lipinski definition) is 2. The predicted molar refractivity (Wildman–Crippen MR) is 95.8 cm³/mol. The largest absolute Gasteiger partial charge is 0.273 e. The molecule has 0 saturated carbocycles. The zero-order chi connectivity index (χ0) is 17.4. The minimum absolute atomic E-state index is 0.206. The number of rotatable bonds is 6. The van der Waals surface area contributed by atoms with Crippen LogP contribution in [0.4, 0.5) is 0 Å². The van der Waals surface area contributed by atoms with Gasteiger partial charge in [-0.05, 0) is 54.7 Å². The predicted octanol–water partition coefficient (Wildman–Crippen LogP) is 3.69. The van der Waals surface area contributed by atoms with Gasteiger partial charge in [-0.2, -0.15) is 0 Å². The maximum Gasteiger partial charge on any atom is 0.269 e. The first-order valence-corrected chi connectivity index (χ1v) is 8.39. The first kappa shape index (κ1) is 18.0. The minimum Gasteiger partial charge on any atom is -0.273 e. The van der Waals surface area contributed by atoms with E-state index in [1.807, 2.05) is 36.4 Å². The van der Waals surface area contributed by atoms with Crippen molar-refractivity contribution in [1.29, 1.82) is 0 Å². The Morgan fingerprint density at radius 1 is 0.917 bits per heavy atom. The quantitative estimate of drug-likeness (QED) is 0.785. The molecule has 0 unspecified atom stereocenters. The Kier molecular flexibility index (Phi) is 6.82. The molecule has 2 rings (SSSR count). The van der Waals surface area contributed by atoms with E-state index in [4.69, 9.17) is 11.6 Å². The molecule has 2 aromatic rings. The van der Waals surface area contributed by atoms with Crippen molar-refractivity contribution >= 4 is 23.4 Å². The van der Waals surface area contributed by atoms with Gasteiger partial charge >= 0.3 is 0 Å². The molecular formula is C19H21ClN2O2. The van der Waals surface area contributed by atoms with Crippen LogP contribution in [0.5, 0.6) is 0 Å². The fourth-order valence-corrected chi connectivity index (χ4v) is 2.38. The molecule has 0 aliphatic rings. The van der Waals surface area contributed by atoms with E-state index in [0.29, 0.717) is 23.4 Å². The third-order valence-corrected chi connectivity index (χ3v) is 3.97. The fourth-order valence-electron chi connectivity index (χ4n) is 2.26. The Balaban J connectivity index is 1.70. The summed E-state index contributed by atoms with van der Waals surface area (Å²) < 4.78 is 0. The molecule has 0 aliphatic carbocycles. The summed E-state index contributed by atoms with van der Waals surface area (Å²) in [4.78, 5) is 23.7. The summed E-state index contributed by atoms with van der Waals surface area (Å²) >= 11 is 5.83. The number of aryl methyl sites for hydroxylation is 2. The number of halogens is 1. The smallest absolute Gasteiger partial charge is 0.269 e. The van der Waals surface area contributed by atoms with Crippen LogP contribution in [0.25, 0.3) is 0 Å². The summed E-state index contributed by atoms with van der Waals surface area (Å²) in [7, 11) is 0. The molecule has 5 heteroatoms. The summed E-state index contributed by atoms with van der Waals surface area (Å²) in [6, 6.07) is 14.9. The third-order valence-electron chi connectivity index (χ3n) is 3.72. The van der Waals surface area contributed by atoms with Gasteiger partial charge in [0.1, 0.15) is 0 Å². The van der Waals surface area contributed by atoms with Gasteiger partial charge < -0.3 is 0 Å². The SMILES string of the molecule is CCc1ccc(C(=O)NNC(=O)CCCc2ccc(Cl)cc2)cc1. The van der Waals surface area contributed by atoms with Crippen LogP contribution in [0.2, 0.25) is 5.02 Å². The first-order valence-electron chi connectivity index (χ1n) is 8.01. The molecule has 24 heavy (non-hydrogen) atoms. The molecule has 0 radical (unpaired) electrons. The maximum absolute atomic E-state index is 11.9. The van der Waals surface area contributed by atoms with Gasteiger partial charge in [0.2, 0.25) is 5.91 Å². The lowest BCUT2D eigenvalue weighted by Crippen LogP contribution is -2.41. The van der Waals surface area contributed by atoms with Crippen molar-refractivity contribution in [2.45, 2.75) is 32.6 Å². The monoisotopic (exact) mass is 344 g/mol. The average Bonchev–Trinajstić information content (AvgIpc) is 2.61. The molecule has 0 atom stereocenters. The van der Waals surface area contributed by atoms with Crippen LogP contribution in [-0.4, -0.2) is 11.8 Å². The standard InChI is InChI=1S/C19H21ClN2O2/c1-2-14-6-10-16(11-7-14)19(24)22-21-18(23)5-3-4-15-8-12-17(20)13-9-15/h6-13H,2-5H2,1H3,(H,21,23)(H,22,24). The van der Waals surface area contributed by atoms with Crippen molar-refractivity contribution in [2.24, 2.45) is 0 Å². The maximum atomic E-state index is 11.9. The average molecular weight is 345 g/mol. The molecule has 126 valence electrons. The molecule has 0 spiro atoms. The Morgan fingerprint density at radius 3 is 2.17 bits per heavy atom. The summed E-state index contributed by atoms with van der Waals surface area (Å²) in [6.45, 7) is 2.05. The van der Waals surface area contributed by atoms with Crippen LogP contribution >= 0.6 is 11.6 Å². The second kappa shape index (κ2) is 9.08. The van der Waals surface area contributed by atoms with Crippen molar-refractivity contribution in [3.8, 4) is 0 Å². The number of benzene rings is 2. The van der Waals surface area contributed by atoms with Gasteiger partial charge in [0, 0.05) is 17.0 Å². The van der Waals surface area contributed by atoms with Crippen molar-refractivity contribution in [2.75, 3.05) is 0 Å². The summed E-state index contributed by atoms with van der Waals surface area (Å²) in [6.07, 6.45) is 2.76. The van der Waals surface area contributed by atoms with E-state index in [-0.39, 0.29) is 11.8 Å². The highest BCUT2D eigenvalue weighted by atomic mass is 35.5. The molecule has 4 nitrogen and oxygen atoms in total. The third kappa shape index (κ3) is 5.70. The summed E-state index contributed by atoms with van der Waals surface area (Å²) in [5.41, 5.74) is 7.70. The van der Waals surface area contributed by atoms with Crippen molar-refractivity contribution in [3.05, 3.63) is 70.2 Å². The highest BCUT2D eigenvalue weighted by Crippen LogP contribution is 2.11. The molecule has 0 saturated heterocycles. The van der Waals surface area contributed by atoms with Gasteiger partial charge in [0.15, 0.2) is 0 Å². The van der Waals surface area contributed by atoms with E-state index >= 15 is 0 Å². The van der Waals surface area contributed by atoms with Crippen LogP contribution in [0.1, 0.15) is 41.3 Å². The Morgan fingerprint density at radius 2 is 1.54 bits per heavy atom. The van der Waals surface area contributed by atoms with E-state index < -0.39 is 0 Å². The van der Waals surface area contributed by atoms with Gasteiger partial charge in [-0.15, -0.1) is 0 Å².